The van der Waals surface area contributed by atoms with Gasteiger partial charge in [-0.05, 0) is 47.9 Å². The zero-order chi connectivity index (χ0) is 23.0. The van der Waals surface area contributed by atoms with Crippen molar-refractivity contribution in [2.24, 2.45) is 10.7 Å². The van der Waals surface area contributed by atoms with Crippen molar-refractivity contribution in [3.8, 4) is 11.5 Å². The topological polar surface area (TPSA) is 98.0 Å². The van der Waals surface area contributed by atoms with Crippen LogP contribution in [0.2, 0.25) is 0 Å². The second kappa shape index (κ2) is 12.3. The van der Waals surface area contributed by atoms with Crippen molar-refractivity contribution in [2.45, 2.75) is 26.4 Å². The molecule has 0 saturated carbocycles. The first-order valence-corrected chi connectivity index (χ1v) is 11.0. The number of guanidine groups is 1. The molecular weight excluding hydrogens is 543 g/mol. The molecular formula is C26H29IN4O3. The van der Waals surface area contributed by atoms with Gasteiger partial charge in [-0.15, -0.1) is 24.0 Å². The summed E-state index contributed by atoms with van der Waals surface area (Å²) in [6.45, 7) is 4.35. The molecule has 0 atom stereocenters. The predicted octanol–water partition coefficient (Wildman–Crippen LogP) is 4.63. The molecule has 7 nitrogen and oxygen atoms in total. The fraction of sp³-hybridized carbons (Fsp3) is 0.231. The first-order chi connectivity index (χ1) is 16.1. The van der Waals surface area contributed by atoms with Gasteiger partial charge in [0, 0.05) is 30.3 Å². The van der Waals surface area contributed by atoms with Gasteiger partial charge < -0.3 is 25.8 Å². The normalized spacial score (nSPS) is 12.8. The number of nitrogens with zero attached hydrogens (tertiary/aromatic N) is 1. The van der Waals surface area contributed by atoms with Crippen LogP contribution in [-0.4, -0.2) is 25.1 Å². The Hall–Kier alpha value is -3.27. The van der Waals surface area contributed by atoms with Gasteiger partial charge in [-0.25, -0.2) is 4.99 Å². The number of rotatable bonds is 6. The highest BCUT2D eigenvalue weighted by Gasteiger charge is 2.12. The minimum atomic E-state index is -0.455. The number of benzene rings is 3. The molecule has 0 fully saturated rings. The third kappa shape index (κ3) is 6.86. The molecule has 0 unspecified atom stereocenters. The molecule has 0 saturated heterocycles. The van der Waals surface area contributed by atoms with E-state index in [9.17, 15) is 4.79 Å². The largest absolute Gasteiger partial charge is 0.490 e. The molecule has 0 bridgehead atoms. The maximum Gasteiger partial charge on any atom is 0.248 e. The monoisotopic (exact) mass is 572 g/mol. The van der Waals surface area contributed by atoms with Crippen LogP contribution in [0.4, 0.5) is 5.69 Å². The summed E-state index contributed by atoms with van der Waals surface area (Å²) in [6, 6.07) is 21.2. The standard InChI is InChI=1S/C26H28N4O3.HI/c1-18-6-2-3-8-21(18)17-29-26(28-16-19-7-4-9-20(14-19)25(27)31)30-22-10-11-23-24(15-22)33-13-5-12-32-23;/h2-4,6-11,14-15H,5,12-13,16-17H2,1H3,(H2,27,31)(H2,28,29,30);1H. The van der Waals surface area contributed by atoms with E-state index in [0.29, 0.717) is 43.6 Å². The number of carbonyl (C=O) groups is 1. The molecule has 0 aromatic heterocycles. The van der Waals surface area contributed by atoms with Gasteiger partial charge in [0.1, 0.15) is 0 Å². The molecule has 1 heterocycles. The number of primary amides is 1. The number of carbonyl (C=O) groups excluding carboxylic acids is 1. The van der Waals surface area contributed by atoms with E-state index >= 15 is 0 Å². The van der Waals surface area contributed by atoms with Crippen LogP contribution < -0.4 is 25.8 Å². The second-order valence-electron chi connectivity index (χ2n) is 7.85. The zero-order valence-electron chi connectivity index (χ0n) is 19.0. The average Bonchev–Trinajstić information content (AvgIpc) is 3.07. The van der Waals surface area contributed by atoms with Gasteiger partial charge in [0.2, 0.25) is 5.91 Å². The summed E-state index contributed by atoms with van der Waals surface area (Å²) in [7, 11) is 0. The Kier molecular flexibility index (Phi) is 9.15. The number of amides is 1. The quantitative estimate of drug-likeness (QED) is 0.227. The number of hydrogen-bond acceptors (Lipinski definition) is 4. The predicted molar refractivity (Wildman–Crippen MR) is 145 cm³/mol. The van der Waals surface area contributed by atoms with Gasteiger partial charge in [-0.2, -0.15) is 0 Å². The summed E-state index contributed by atoms with van der Waals surface area (Å²) in [6.07, 6.45) is 0.854. The molecule has 4 rings (SSSR count). The highest BCUT2D eigenvalue weighted by molar-refractivity contribution is 14.0. The van der Waals surface area contributed by atoms with E-state index < -0.39 is 5.91 Å². The summed E-state index contributed by atoms with van der Waals surface area (Å²) in [5.74, 6) is 1.61. The van der Waals surface area contributed by atoms with E-state index in [1.165, 1.54) is 11.1 Å². The number of nitrogens with two attached hydrogens (primary N) is 1. The number of nitrogens with one attached hydrogen (secondary N) is 2. The lowest BCUT2D eigenvalue weighted by Gasteiger charge is -2.15. The molecule has 34 heavy (non-hydrogen) atoms. The molecule has 3 aromatic carbocycles. The average molecular weight is 572 g/mol. The summed E-state index contributed by atoms with van der Waals surface area (Å²) in [5, 5.41) is 6.76. The Morgan fingerprint density at radius 2 is 1.79 bits per heavy atom. The summed E-state index contributed by atoms with van der Waals surface area (Å²) in [5.41, 5.74) is 9.99. The van der Waals surface area contributed by atoms with Gasteiger partial charge in [0.15, 0.2) is 17.5 Å². The van der Waals surface area contributed by atoms with Gasteiger partial charge in [-0.3, -0.25) is 4.79 Å². The first-order valence-electron chi connectivity index (χ1n) is 11.0. The van der Waals surface area contributed by atoms with Crippen LogP contribution in [0.1, 0.15) is 33.5 Å². The fourth-order valence-corrected chi connectivity index (χ4v) is 3.50. The second-order valence-corrected chi connectivity index (χ2v) is 7.85. The number of aliphatic imine (C=N–C) groups is 1. The number of ether oxygens (including phenoxy) is 2. The maximum absolute atomic E-state index is 11.5. The van der Waals surface area contributed by atoms with Gasteiger partial charge in [0.25, 0.3) is 0 Å². The summed E-state index contributed by atoms with van der Waals surface area (Å²) < 4.78 is 11.5. The third-order valence-corrected chi connectivity index (χ3v) is 5.35. The van der Waals surface area contributed by atoms with Crippen LogP contribution in [0.5, 0.6) is 11.5 Å². The number of aryl methyl sites for hydroxylation is 1. The lowest BCUT2D eigenvalue weighted by molar-refractivity contribution is 0.1000. The van der Waals surface area contributed by atoms with Crippen molar-refractivity contribution in [3.63, 3.8) is 0 Å². The van der Waals surface area contributed by atoms with Crippen LogP contribution >= 0.6 is 24.0 Å². The van der Waals surface area contributed by atoms with E-state index in [2.05, 4.69) is 29.7 Å². The summed E-state index contributed by atoms with van der Waals surface area (Å²) in [4.78, 5) is 16.2. The SMILES string of the molecule is Cc1ccccc1CNC(=NCc1cccc(C(N)=O)c1)Nc1ccc2c(c1)OCCCO2.I. The van der Waals surface area contributed by atoms with Crippen LogP contribution in [0.3, 0.4) is 0 Å². The Bertz CT molecular complexity index is 1170. The Morgan fingerprint density at radius 1 is 1.00 bits per heavy atom. The van der Waals surface area contributed by atoms with Crippen molar-refractivity contribution in [1.82, 2.24) is 5.32 Å². The summed E-state index contributed by atoms with van der Waals surface area (Å²) >= 11 is 0. The molecule has 1 aliphatic heterocycles. The van der Waals surface area contributed by atoms with Crippen LogP contribution in [-0.2, 0) is 13.1 Å². The maximum atomic E-state index is 11.5. The van der Waals surface area contributed by atoms with E-state index in [4.69, 9.17) is 20.2 Å². The highest BCUT2D eigenvalue weighted by atomic mass is 127. The number of fused-ring (bicyclic) bond motifs is 1. The molecule has 1 aliphatic rings. The van der Waals surface area contributed by atoms with Crippen LogP contribution in [0, 0.1) is 6.92 Å². The minimum absolute atomic E-state index is 0. The molecule has 4 N–H and O–H groups in total. The smallest absolute Gasteiger partial charge is 0.248 e. The Morgan fingerprint density at radius 3 is 2.59 bits per heavy atom. The van der Waals surface area contributed by atoms with Crippen LogP contribution in [0.25, 0.3) is 0 Å². The van der Waals surface area contributed by atoms with Crippen molar-refractivity contribution >= 4 is 41.5 Å². The number of anilines is 1. The molecule has 0 radical (unpaired) electrons. The molecule has 0 spiro atoms. The van der Waals surface area contributed by atoms with E-state index in [-0.39, 0.29) is 24.0 Å². The lowest BCUT2D eigenvalue weighted by atomic mass is 10.1. The molecule has 3 aromatic rings. The van der Waals surface area contributed by atoms with Crippen LogP contribution in [0.15, 0.2) is 71.7 Å². The van der Waals surface area contributed by atoms with E-state index in [1.807, 2.05) is 42.5 Å². The van der Waals surface area contributed by atoms with Gasteiger partial charge in [-0.1, -0.05) is 36.4 Å². The van der Waals surface area contributed by atoms with E-state index in [1.54, 1.807) is 12.1 Å². The van der Waals surface area contributed by atoms with Gasteiger partial charge in [0.05, 0.1) is 19.8 Å². The lowest BCUT2D eigenvalue weighted by Crippen LogP contribution is -2.30. The molecule has 1 amide bonds. The number of halogens is 1. The third-order valence-electron chi connectivity index (χ3n) is 5.35. The van der Waals surface area contributed by atoms with E-state index in [0.717, 1.165) is 23.4 Å². The van der Waals surface area contributed by atoms with Crippen molar-refractivity contribution in [2.75, 3.05) is 18.5 Å². The Labute approximate surface area is 216 Å². The highest BCUT2D eigenvalue weighted by Crippen LogP contribution is 2.32. The molecule has 8 heteroatoms. The fourth-order valence-electron chi connectivity index (χ4n) is 3.50. The van der Waals surface area contributed by atoms with Crippen molar-refractivity contribution in [3.05, 3.63) is 89.0 Å². The Balaban J connectivity index is 0.00000324. The van der Waals surface area contributed by atoms with Crippen molar-refractivity contribution < 1.29 is 14.3 Å². The molecule has 0 aliphatic carbocycles. The first kappa shape index (κ1) is 25.4. The number of hydrogen-bond donors (Lipinski definition) is 3. The van der Waals surface area contributed by atoms with Gasteiger partial charge >= 0.3 is 0 Å². The zero-order valence-corrected chi connectivity index (χ0v) is 21.4. The minimum Gasteiger partial charge on any atom is -0.490 e. The van der Waals surface area contributed by atoms with Crippen molar-refractivity contribution in [1.29, 1.82) is 0 Å². The molecule has 178 valence electrons.